The lowest BCUT2D eigenvalue weighted by Crippen LogP contribution is -2.50. The highest BCUT2D eigenvalue weighted by molar-refractivity contribution is 6.46. The van der Waals surface area contributed by atoms with Crippen molar-refractivity contribution >= 4 is 26.2 Å². The minimum atomic E-state index is -1.33. The highest BCUT2D eigenvalue weighted by Crippen LogP contribution is 2.55. The highest BCUT2D eigenvalue weighted by Gasteiger charge is 2.63. The van der Waals surface area contributed by atoms with Crippen molar-refractivity contribution in [3.63, 3.8) is 0 Å². The van der Waals surface area contributed by atoms with Crippen LogP contribution in [0.3, 0.4) is 0 Å². The van der Waals surface area contributed by atoms with Gasteiger partial charge >= 0.3 is 26.2 Å². The van der Waals surface area contributed by atoms with Gasteiger partial charge in [0.2, 0.25) is 0 Å². The van der Waals surface area contributed by atoms with Gasteiger partial charge in [0.15, 0.2) is 5.41 Å². The fraction of sp³-hybridized carbons (Fsp3) is 0.938. The molecule has 0 aromatic heterocycles. The fourth-order valence-electron chi connectivity index (χ4n) is 9.27. The average molecular weight is 592 g/mol. The van der Waals surface area contributed by atoms with Gasteiger partial charge in [-0.25, -0.2) is 0 Å². The first-order chi connectivity index (χ1) is 20.0. The molecule has 1 aliphatic carbocycles. The van der Waals surface area contributed by atoms with Crippen LogP contribution in [-0.4, -0.2) is 62.8 Å². The second kappa shape index (κ2) is 13.9. The van der Waals surface area contributed by atoms with Crippen molar-refractivity contribution in [2.75, 3.05) is 14.2 Å². The summed E-state index contributed by atoms with van der Waals surface area (Å²) in [6.07, 6.45) is 9.83. The van der Waals surface area contributed by atoms with Crippen LogP contribution >= 0.6 is 0 Å². The van der Waals surface area contributed by atoms with E-state index < -0.39 is 24.5 Å². The Kier molecular flexibility index (Phi) is 11.7. The molecule has 10 heteroatoms. The quantitative estimate of drug-likeness (QED) is 0.114. The Morgan fingerprint density at radius 2 is 0.929 bits per heavy atom. The molecule has 3 rings (SSSR count). The Bertz CT molecular complexity index is 854. The number of rotatable bonds is 15. The molecule has 0 unspecified atom stereocenters. The van der Waals surface area contributed by atoms with E-state index >= 15 is 0 Å². The Hall–Kier alpha value is -1.09. The van der Waals surface area contributed by atoms with Gasteiger partial charge in [0, 0.05) is 0 Å². The molecule has 0 bridgehead atoms. The summed E-state index contributed by atoms with van der Waals surface area (Å²) < 4.78 is 37.4. The number of carbonyl (C=O) groups is 2. The standard InChI is InChI=1S/C32H58B2O8/c1-11-29(12-2)30(13-3,14-4)40-33(39-29)20-19-24-21-28(26(35)37-9,27(36)38-10)22-25(24)23-34-41-31(15-5,16-6)32(17-7,18-8)42-34/h24-25H,11-23H2,1-10H3/t24-,25+/m0/s1. The number of carbonyl (C=O) groups excluding carboxylic acids is 2. The minimum Gasteiger partial charge on any atom is -0.468 e. The van der Waals surface area contributed by atoms with E-state index in [9.17, 15) is 9.59 Å². The van der Waals surface area contributed by atoms with Crippen LogP contribution in [0.15, 0.2) is 0 Å². The van der Waals surface area contributed by atoms with Crippen molar-refractivity contribution in [3.8, 4) is 0 Å². The molecule has 2 atom stereocenters. The predicted octanol–water partition coefficient (Wildman–Crippen LogP) is 7.04. The van der Waals surface area contributed by atoms with E-state index in [0.717, 1.165) is 57.8 Å². The zero-order valence-electron chi connectivity index (χ0n) is 28.3. The van der Waals surface area contributed by atoms with Crippen molar-refractivity contribution in [1.82, 2.24) is 0 Å². The molecule has 2 heterocycles. The predicted molar refractivity (Wildman–Crippen MR) is 166 cm³/mol. The molecule has 2 saturated heterocycles. The van der Waals surface area contributed by atoms with E-state index in [1.165, 1.54) is 14.2 Å². The SMILES string of the molecule is CCC1(CC)OB(CC[C@H]2CC(C(=O)OC)(C(=O)OC)C[C@@H]2CB2OC(CC)(CC)C(CC)(CC)O2)OC1(CC)CC. The van der Waals surface area contributed by atoms with Crippen LogP contribution < -0.4 is 0 Å². The number of methoxy groups -OCH3 is 2. The Labute approximate surface area is 256 Å². The van der Waals surface area contributed by atoms with Gasteiger partial charge in [-0.3, -0.25) is 9.59 Å². The third kappa shape index (κ3) is 5.60. The van der Waals surface area contributed by atoms with Crippen LogP contribution in [0.4, 0.5) is 0 Å². The minimum absolute atomic E-state index is 0.00902. The zero-order valence-corrected chi connectivity index (χ0v) is 28.3. The lowest BCUT2D eigenvalue weighted by molar-refractivity contribution is -0.169. The van der Waals surface area contributed by atoms with Gasteiger partial charge in [-0.05, 0) is 88.7 Å². The molecule has 2 aliphatic heterocycles. The molecular formula is C32H58B2O8. The highest BCUT2D eigenvalue weighted by atomic mass is 16.7. The molecule has 1 saturated carbocycles. The molecule has 240 valence electrons. The monoisotopic (exact) mass is 592 g/mol. The smallest absolute Gasteiger partial charge is 0.458 e. The molecule has 3 fully saturated rings. The van der Waals surface area contributed by atoms with E-state index in [2.05, 4.69) is 55.4 Å². The van der Waals surface area contributed by atoms with E-state index in [0.29, 0.717) is 25.5 Å². The maximum Gasteiger partial charge on any atom is 0.458 e. The van der Waals surface area contributed by atoms with Crippen LogP contribution in [0.2, 0.25) is 12.6 Å². The fourth-order valence-corrected chi connectivity index (χ4v) is 9.27. The summed E-state index contributed by atoms with van der Waals surface area (Å²) in [7, 11) is 1.96. The summed E-state index contributed by atoms with van der Waals surface area (Å²) in [4.78, 5) is 26.4. The summed E-state index contributed by atoms with van der Waals surface area (Å²) in [6.45, 7) is 17.4. The van der Waals surface area contributed by atoms with Crippen molar-refractivity contribution < 1.29 is 37.7 Å². The first-order valence-electron chi connectivity index (χ1n) is 16.9. The van der Waals surface area contributed by atoms with Gasteiger partial charge in [-0.2, -0.15) is 0 Å². The second-order valence-corrected chi connectivity index (χ2v) is 12.9. The molecule has 0 spiro atoms. The van der Waals surface area contributed by atoms with Crippen LogP contribution in [0, 0.1) is 17.3 Å². The molecule has 3 aliphatic rings. The van der Waals surface area contributed by atoms with Crippen LogP contribution in [-0.2, 0) is 37.7 Å². The van der Waals surface area contributed by atoms with E-state index in [4.69, 9.17) is 28.1 Å². The lowest BCUT2D eigenvalue weighted by atomic mass is 9.70. The second-order valence-electron chi connectivity index (χ2n) is 12.9. The topological polar surface area (TPSA) is 89.5 Å². The zero-order chi connectivity index (χ0) is 31.4. The molecule has 0 aromatic rings. The summed E-state index contributed by atoms with van der Waals surface area (Å²) in [6, 6.07) is 0. The average Bonchev–Trinajstić information content (AvgIpc) is 3.67. The van der Waals surface area contributed by atoms with Gasteiger partial charge in [0.1, 0.15) is 0 Å². The maximum atomic E-state index is 13.2. The summed E-state index contributed by atoms with van der Waals surface area (Å²) in [5.41, 5.74) is -2.65. The van der Waals surface area contributed by atoms with E-state index in [1.807, 2.05) is 0 Å². The molecule has 8 nitrogen and oxygen atoms in total. The summed E-state index contributed by atoms with van der Waals surface area (Å²) in [5.74, 6) is -0.990. The number of hydrogen-bond donors (Lipinski definition) is 0. The summed E-state index contributed by atoms with van der Waals surface area (Å²) in [5, 5.41) is 0. The van der Waals surface area contributed by atoms with Gasteiger partial charge in [-0.15, -0.1) is 0 Å². The molecular weight excluding hydrogens is 534 g/mol. The van der Waals surface area contributed by atoms with Gasteiger partial charge in [0.25, 0.3) is 0 Å². The molecule has 0 aromatic carbocycles. The van der Waals surface area contributed by atoms with E-state index in [1.54, 1.807) is 0 Å². The lowest BCUT2D eigenvalue weighted by Gasteiger charge is -2.42. The molecule has 42 heavy (non-hydrogen) atoms. The largest absolute Gasteiger partial charge is 0.468 e. The third-order valence-electron chi connectivity index (χ3n) is 12.0. The van der Waals surface area contributed by atoms with Crippen molar-refractivity contribution in [2.24, 2.45) is 17.3 Å². The van der Waals surface area contributed by atoms with E-state index in [-0.39, 0.29) is 41.4 Å². The molecule has 0 N–H and O–H groups in total. The van der Waals surface area contributed by atoms with Crippen molar-refractivity contribution in [2.45, 2.75) is 161 Å². The van der Waals surface area contributed by atoms with Gasteiger partial charge < -0.3 is 28.1 Å². The first kappa shape index (κ1) is 35.4. The van der Waals surface area contributed by atoms with Crippen molar-refractivity contribution in [3.05, 3.63) is 0 Å². The maximum absolute atomic E-state index is 13.2. The first-order valence-corrected chi connectivity index (χ1v) is 16.9. The van der Waals surface area contributed by atoms with Crippen molar-refractivity contribution in [1.29, 1.82) is 0 Å². The molecule has 0 radical (unpaired) electrons. The van der Waals surface area contributed by atoms with Crippen LogP contribution in [0.25, 0.3) is 0 Å². The normalized spacial score (nSPS) is 26.9. The number of esters is 2. The molecule has 0 amide bonds. The summed E-state index contributed by atoms with van der Waals surface area (Å²) >= 11 is 0. The Morgan fingerprint density at radius 1 is 0.595 bits per heavy atom. The Morgan fingerprint density at radius 3 is 1.26 bits per heavy atom. The number of ether oxygens (including phenoxy) is 2. The van der Waals surface area contributed by atoms with Gasteiger partial charge in [0.05, 0.1) is 36.6 Å². The number of hydrogen-bond acceptors (Lipinski definition) is 8. The van der Waals surface area contributed by atoms with Crippen LogP contribution in [0.5, 0.6) is 0 Å². The van der Waals surface area contributed by atoms with Crippen LogP contribution in [0.1, 0.15) is 126 Å². The van der Waals surface area contributed by atoms with Gasteiger partial charge in [-0.1, -0.05) is 61.8 Å². The Balaban J connectivity index is 1.88. The third-order valence-corrected chi connectivity index (χ3v) is 12.0.